The standard InChI is InChI=1S/C16H17NO5S/c18-16(19)12-22-14-6-8-15(9-7-14)23(20,21)17-11-10-13-4-2-1-3-5-13/h1-9,17H,10-12H2,(H,18,19)/p-1. The lowest BCUT2D eigenvalue weighted by molar-refractivity contribution is -0.307. The van der Waals surface area contributed by atoms with Crippen molar-refractivity contribution in [2.45, 2.75) is 11.3 Å². The van der Waals surface area contributed by atoms with Crippen molar-refractivity contribution in [2.75, 3.05) is 13.2 Å². The SMILES string of the molecule is O=C([O-])COc1ccc(S(=O)(=O)NCCc2ccccc2)cc1. The number of carboxylic acid groups (broad SMARTS) is 1. The van der Waals surface area contributed by atoms with Crippen LogP contribution in [0.2, 0.25) is 0 Å². The summed E-state index contributed by atoms with van der Waals surface area (Å²) in [4.78, 5) is 10.4. The van der Waals surface area contributed by atoms with Gasteiger partial charge in [-0.1, -0.05) is 30.3 Å². The van der Waals surface area contributed by atoms with Gasteiger partial charge in [0, 0.05) is 6.54 Å². The summed E-state index contributed by atoms with van der Waals surface area (Å²) < 4.78 is 31.7. The van der Waals surface area contributed by atoms with Crippen LogP contribution in [-0.4, -0.2) is 27.5 Å². The van der Waals surface area contributed by atoms with E-state index in [0.717, 1.165) is 5.56 Å². The highest BCUT2D eigenvalue weighted by Crippen LogP contribution is 2.15. The van der Waals surface area contributed by atoms with Crippen molar-refractivity contribution < 1.29 is 23.1 Å². The highest BCUT2D eigenvalue weighted by atomic mass is 32.2. The van der Waals surface area contributed by atoms with Gasteiger partial charge < -0.3 is 14.6 Å². The predicted molar refractivity (Wildman–Crippen MR) is 82.3 cm³/mol. The Balaban J connectivity index is 1.92. The third-order valence-electron chi connectivity index (χ3n) is 3.04. The molecule has 0 heterocycles. The molecule has 0 bridgehead atoms. The molecule has 0 aliphatic heterocycles. The van der Waals surface area contributed by atoms with Crippen molar-refractivity contribution in [3.05, 3.63) is 60.2 Å². The normalized spacial score (nSPS) is 11.1. The number of sulfonamides is 1. The van der Waals surface area contributed by atoms with Gasteiger partial charge in [-0.3, -0.25) is 0 Å². The third kappa shape index (κ3) is 5.39. The van der Waals surface area contributed by atoms with Crippen LogP contribution in [0.25, 0.3) is 0 Å². The summed E-state index contributed by atoms with van der Waals surface area (Å²) >= 11 is 0. The smallest absolute Gasteiger partial charge is 0.240 e. The molecule has 2 aromatic rings. The molecule has 0 unspecified atom stereocenters. The number of nitrogens with one attached hydrogen (secondary N) is 1. The van der Waals surface area contributed by atoms with Gasteiger partial charge in [-0.15, -0.1) is 0 Å². The number of carbonyl (C=O) groups excluding carboxylic acids is 1. The lowest BCUT2D eigenvalue weighted by Gasteiger charge is -2.09. The molecule has 2 rings (SSSR count). The molecular formula is C16H16NO5S-. The maximum absolute atomic E-state index is 12.1. The Kier molecular flexibility index (Phi) is 5.72. The number of ether oxygens (including phenoxy) is 1. The maximum Gasteiger partial charge on any atom is 0.240 e. The van der Waals surface area contributed by atoms with Gasteiger partial charge in [0.15, 0.2) is 0 Å². The van der Waals surface area contributed by atoms with E-state index in [9.17, 15) is 18.3 Å². The van der Waals surface area contributed by atoms with E-state index in [2.05, 4.69) is 4.72 Å². The van der Waals surface area contributed by atoms with Crippen LogP contribution >= 0.6 is 0 Å². The fourth-order valence-electron chi connectivity index (χ4n) is 1.92. The Morgan fingerprint density at radius 2 is 1.70 bits per heavy atom. The summed E-state index contributed by atoms with van der Waals surface area (Å²) in [7, 11) is -3.61. The monoisotopic (exact) mass is 334 g/mol. The van der Waals surface area contributed by atoms with E-state index in [1.807, 2.05) is 30.3 Å². The molecule has 0 atom stereocenters. The van der Waals surface area contributed by atoms with E-state index in [1.165, 1.54) is 24.3 Å². The predicted octanol–water partition coefficient (Wildman–Crippen LogP) is 0.336. The van der Waals surface area contributed by atoms with Crippen LogP contribution in [0, 0.1) is 0 Å². The second-order valence-electron chi connectivity index (χ2n) is 4.77. The minimum atomic E-state index is -3.61. The molecule has 0 aliphatic carbocycles. The largest absolute Gasteiger partial charge is 0.546 e. The van der Waals surface area contributed by atoms with Crippen LogP contribution in [0.5, 0.6) is 5.75 Å². The molecule has 0 spiro atoms. The molecule has 0 saturated carbocycles. The molecule has 0 aromatic heterocycles. The fourth-order valence-corrected chi connectivity index (χ4v) is 2.95. The second kappa shape index (κ2) is 7.75. The van der Waals surface area contributed by atoms with Gasteiger partial charge in [-0.25, -0.2) is 13.1 Å². The van der Waals surface area contributed by atoms with Gasteiger partial charge >= 0.3 is 0 Å². The molecule has 0 amide bonds. The van der Waals surface area contributed by atoms with Crippen molar-refractivity contribution in [1.82, 2.24) is 4.72 Å². The zero-order valence-corrected chi connectivity index (χ0v) is 13.1. The molecular weight excluding hydrogens is 318 g/mol. The van der Waals surface area contributed by atoms with Crippen LogP contribution < -0.4 is 14.6 Å². The maximum atomic E-state index is 12.1. The summed E-state index contributed by atoms with van der Waals surface area (Å²) in [6.07, 6.45) is 0.590. The minimum Gasteiger partial charge on any atom is -0.546 e. The molecule has 2 aromatic carbocycles. The molecule has 0 aliphatic rings. The Morgan fingerprint density at radius 3 is 2.30 bits per heavy atom. The van der Waals surface area contributed by atoms with Crippen molar-refractivity contribution in [2.24, 2.45) is 0 Å². The first-order valence-corrected chi connectivity index (χ1v) is 8.42. The Hall–Kier alpha value is -2.38. The summed E-state index contributed by atoms with van der Waals surface area (Å²) in [6.45, 7) is -0.295. The average Bonchev–Trinajstić information content (AvgIpc) is 2.54. The highest BCUT2D eigenvalue weighted by molar-refractivity contribution is 7.89. The number of carboxylic acids is 1. The van der Waals surface area contributed by atoms with Gasteiger partial charge in [0.2, 0.25) is 10.0 Å². The summed E-state index contributed by atoms with van der Waals surface area (Å²) in [5.74, 6) is -1.08. The van der Waals surface area contributed by atoms with Crippen molar-refractivity contribution in [3.63, 3.8) is 0 Å². The first-order valence-electron chi connectivity index (χ1n) is 6.94. The topological polar surface area (TPSA) is 95.5 Å². The molecule has 7 heteroatoms. The molecule has 23 heavy (non-hydrogen) atoms. The van der Waals surface area contributed by atoms with E-state index < -0.39 is 22.6 Å². The Labute approximate surface area is 134 Å². The second-order valence-corrected chi connectivity index (χ2v) is 6.53. The van der Waals surface area contributed by atoms with Gasteiger partial charge in [0.1, 0.15) is 12.4 Å². The van der Waals surface area contributed by atoms with Crippen LogP contribution in [-0.2, 0) is 21.2 Å². The first kappa shape index (κ1) is 17.0. The average molecular weight is 334 g/mol. The molecule has 6 nitrogen and oxygen atoms in total. The van der Waals surface area contributed by atoms with Crippen LogP contribution in [0.3, 0.4) is 0 Å². The van der Waals surface area contributed by atoms with Crippen LogP contribution in [0.1, 0.15) is 5.56 Å². The summed E-state index contributed by atoms with van der Waals surface area (Å²) in [5, 5.41) is 10.3. The molecule has 0 saturated heterocycles. The van der Waals surface area contributed by atoms with E-state index in [-0.39, 0.29) is 17.2 Å². The first-order chi connectivity index (χ1) is 11.0. The van der Waals surface area contributed by atoms with E-state index in [4.69, 9.17) is 4.74 Å². The zero-order valence-electron chi connectivity index (χ0n) is 12.3. The lowest BCUT2D eigenvalue weighted by Crippen LogP contribution is -2.29. The van der Waals surface area contributed by atoms with Crippen molar-refractivity contribution in [1.29, 1.82) is 0 Å². The number of benzene rings is 2. The molecule has 0 fully saturated rings. The van der Waals surface area contributed by atoms with Gasteiger partial charge in [0.25, 0.3) is 0 Å². The minimum absolute atomic E-state index is 0.0892. The molecule has 122 valence electrons. The number of aliphatic carboxylic acids is 1. The summed E-state index contributed by atoms with van der Waals surface area (Å²) in [6, 6.07) is 15.1. The van der Waals surface area contributed by atoms with E-state index in [1.54, 1.807) is 0 Å². The van der Waals surface area contributed by atoms with Gasteiger partial charge in [-0.2, -0.15) is 0 Å². The summed E-state index contributed by atoms with van der Waals surface area (Å²) in [5.41, 5.74) is 1.04. The highest BCUT2D eigenvalue weighted by Gasteiger charge is 2.13. The lowest BCUT2D eigenvalue weighted by atomic mass is 10.2. The van der Waals surface area contributed by atoms with Crippen molar-refractivity contribution >= 4 is 16.0 Å². The number of hydrogen-bond donors (Lipinski definition) is 1. The van der Waals surface area contributed by atoms with Gasteiger partial charge in [-0.05, 0) is 36.2 Å². The third-order valence-corrected chi connectivity index (χ3v) is 4.52. The Morgan fingerprint density at radius 1 is 1.04 bits per heavy atom. The number of hydrogen-bond acceptors (Lipinski definition) is 5. The van der Waals surface area contributed by atoms with Crippen LogP contribution in [0.4, 0.5) is 0 Å². The van der Waals surface area contributed by atoms with E-state index in [0.29, 0.717) is 6.42 Å². The Bertz CT molecular complexity index is 742. The quantitative estimate of drug-likeness (QED) is 0.751. The van der Waals surface area contributed by atoms with Crippen LogP contribution in [0.15, 0.2) is 59.5 Å². The van der Waals surface area contributed by atoms with E-state index >= 15 is 0 Å². The number of carbonyl (C=O) groups is 1. The molecule has 0 radical (unpaired) electrons. The molecule has 1 N–H and O–H groups in total. The van der Waals surface area contributed by atoms with Gasteiger partial charge in [0.05, 0.1) is 10.9 Å². The number of rotatable bonds is 8. The fraction of sp³-hybridized carbons (Fsp3) is 0.188. The zero-order chi connectivity index (χ0) is 16.7. The van der Waals surface area contributed by atoms with Crippen molar-refractivity contribution in [3.8, 4) is 5.75 Å².